The van der Waals surface area contributed by atoms with Gasteiger partial charge in [0.05, 0.1) is 18.5 Å². The zero-order valence-electron chi connectivity index (χ0n) is 11.3. The second kappa shape index (κ2) is 3.56. The van der Waals surface area contributed by atoms with Crippen molar-refractivity contribution in [2.24, 2.45) is 10.8 Å². The van der Waals surface area contributed by atoms with E-state index < -0.39 is 0 Å². The van der Waals surface area contributed by atoms with Gasteiger partial charge in [0.25, 0.3) is 0 Å². The van der Waals surface area contributed by atoms with Gasteiger partial charge < -0.3 is 15.8 Å². The Morgan fingerprint density at radius 3 is 2.24 bits per heavy atom. The summed E-state index contributed by atoms with van der Waals surface area (Å²) in [5.74, 6) is 0.728. The van der Waals surface area contributed by atoms with Gasteiger partial charge in [-0.2, -0.15) is 0 Å². The van der Waals surface area contributed by atoms with Crippen LogP contribution < -0.4 is 15.8 Å². The van der Waals surface area contributed by atoms with E-state index in [1.165, 1.54) is 0 Å². The number of methoxy groups -OCH3 is 1. The maximum Gasteiger partial charge on any atom is 0.143 e. The van der Waals surface area contributed by atoms with E-state index in [0.29, 0.717) is 22.6 Å². The van der Waals surface area contributed by atoms with Crippen molar-refractivity contribution in [2.75, 3.05) is 18.2 Å². The van der Waals surface area contributed by atoms with Crippen LogP contribution in [-0.2, 0) is 0 Å². The van der Waals surface area contributed by atoms with Crippen LogP contribution in [0.2, 0.25) is 0 Å². The summed E-state index contributed by atoms with van der Waals surface area (Å²) in [4.78, 5) is 0. The Morgan fingerprint density at radius 1 is 1.18 bits per heavy atom. The number of benzene rings is 1. The van der Waals surface area contributed by atoms with Gasteiger partial charge >= 0.3 is 0 Å². The minimum Gasteiger partial charge on any atom is -0.495 e. The molecule has 3 nitrogen and oxygen atoms in total. The van der Waals surface area contributed by atoms with Crippen LogP contribution in [0.25, 0.3) is 0 Å². The monoisotopic (exact) mass is 234 g/mol. The summed E-state index contributed by atoms with van der Waals surface area (Å²) in [5, 5.41) is 3.53. The summed E-state index contributed by atoms with van der Waals surface area (Å²) in [7, 11) is 1.64. The van der Waals surface area contributed by atoms with E-state index in [-0.39, 0.29) is 0 Å². The first-order chi connectivity index (χ1) is 7.82. The molecule has 0 amide bonds. The summed E-state index contributed by atoms with van der Waals surface area (Å²) in [6, 6.07) is 6.29. The average Bonchev–Trinajstić information content (AvgIpc) is 2.63. The number of rotatable bonds is 3. The van der Waals surface area contributed by atoms with E-state index in [1.807, 2.05) is 18.2 Å². The fraction of sp³-hybridized carbons (Fsp3) is 0.571. The molecule has 0 atom stereocenters. The van der Waals surface area contributed by atoms with Crippen molar-refractivity contribution in [3.8, 4) is 5.75 Å². The first-order valence-corrected chi connectivity index (χ1v) is 6.01. The van der Waals surface area contributed by atoms with Crippen LogP contribution in [0, 0.1) is 10.8 Å². The highest BCUT2D eigenvalue weighted by Crippen LogP contribution is 2.64. The van der Waals surface area contributed by atoms with Gasteiger partial charge in [-0.05, 0) is 23.0 Å². The topological polar surface area (TPSA) is 47.3 Å². The van der Waals surface area contributed by atoms with Gasteiger partial charge in [-0.1, -0.05) is 33.8 Å². The fourth-order valence-electron chi connectivity index (χ4n) is 2.56. The Bertz CT molecular complexity index is 424. The summed E-state index contributed by atoms with van der Waals surface area (Å²) in [5.41, 5.74) is 8.30. The maximum atomic E-state index is 6.06. The lowest BCUT2D eigenvalue weighted by molar-refractivity contribution is 0.417. The van der Waals surface area contributed by atoms with Gasteiger partial charge in [0, 0.05) is 6.04 Å². The second-order valence-electron chi connectivity index (χ2n) is 5.94. The molecule has 0 bridgehead atoms. The predicted octanol–water partition coefficient (Wildman–Crippen LogP) is 3.12. The molecule has 1 aromatic carbocycles. The molecule has 1 fully saturated rings. The molecular weight excluding hydrogens is 212 g/mol. The van der Waals surface area contributed by atoms with E-state index >= 15 is 0 Å². The Morgan fingerprint density at radius 2 is 1.76 bits per heavy atom. The highest BCUT2D eigenvalue weighted by molar-refractivity contribution is 5.73. The standard InChI is InChI=1S/C14H22N2O/c1-13(2)12(14(13,3)4)16-9-7-6-8-10(17-5)11(9)15/h6-8,12,16H,15H2,1-5H3. The number of nitrogen functional groups attached to an aromatic ring is 1. The number of nitrogens with two attached hydrogens (primary N) is 1. The van der Waals surface area contributed by atoms with Gasteiger partial charge in [-0.25, -0.2) is 0 Å². The van der Waals surface area contributed by atoms with Gasteiger partial charge in [-0.15, -0.1) is 0 Å². The number of ether oxygens (including phenoxy) is 1. The van der Waals surface area contributed by atoms with Crippen molar-refractivity contribution in [1.29, 1.82) is 0 Å². The van der Waals surface area contributed by atoms with Crippen LogP contribution in [0.5, 0.6) is 5.75 Å². The van der Waals surface area contributed by atoms with E-state index in [9.17, 15) is 0 Å². The smallest absolute Gasteiger partial charge is 0.143 e. The number of hydrogen-bond donors (Lipinski definition) is 2. The van der Waals surface area contributed by atoms with Crippen LogP contribution in [-0.4, -0.2) is 13.2 Å². The molecule has 3 N–H and O–H groups in total. The van der Waals surface area contributed by atoms with E-state index in [4.69, 9.17) is 10.5 Å². The average molecular weight is 234 g/mol. The fourth-order valence-corrected chi connectivity index (χ4v) is 2.56. The second-order valence-corrected chi connectivity index (χ2v) is 5.94. The summed E-state index contributed by atoms with van der Waals surface area (Å²) in [6.07, 6.45) is 0. The third-order valence-corrected chi connectivity index (χ3v) is 4.61. The highest BCUT2D eigenvalue weighted by Gasteiger charge is 2.65. The molecule has 0 aliphatic heterocycles. The van der Waals surface area contributed by atoms with Crippen molar-refractivity contribution >= 4 is 11.4 Å². The molecule has 1 aliphatic carbocycles. The number of nitrogens with one attached hydrogen (secondary N) is 1. The van der Waals surface area contributed by atoms with Gasteiger partial charge in [0.1, 0.15) is 5.75 Å². The van der Waals surface area contributed by atoms with Crippen LogP contribution in [0.1, 0.15) is 27.7 Å². The molecule has 0 radical (unpaired) electrons. The third kappa shape index (κ3) is 1.65. The normalized spacial score (nSPS) is 21.0. The molecule has 0 spiro atoms. The predicted molar refractivity (Wildman–Crippen MR) is 72.4 cm³/mol. The van der Waals surface area contributed by atoms with Crippen LogP contribution in [0.3, 0.4) is 0 Å². The number of anilines is 2. The van der Waals surface area contributed by atoms with Gasteiger partial charge in [0.2, 0.25) is 0 Å². The molecular formula is C14H22N2O. The van der Waals surface area contributed by atoms with Crippen molar-refractivity contribution < 1.29 is 4.74 Å². The lowest BCUT2D eigenvalue weighted by Gasteiger charge is -2.13. The van der Waals surface area contributed by atoms with Gasteiger partial charge in [-0.3, -0.25) is 0 Å². The SMILES string of the molecule is COc1cccc(NC2C(C)(C)C2(C)C)c1N. The van der Waals surface area contributed by atoms with E-state index in [2.05, 4.69) is 33.0 Å². The molecule has 94 valence electrons. The maximum absolute atomic E-state index is 6.06. The van der Waals surface area contributed by atoms with Crippen LogP contribution in [0.4, 0.5) is 11.4 Å². The van der Waals surface area contributed by atoms with Crippen molar-refractivity contribution in [1.82, 2.24) is 0 Å². The lowest BCUT2D eigenvalue weighted by atomic mass is 10.0. The van der Waals surface area contributed by atoms with Crippen molar-refractivity contribution in [3.05, 3.63) is 18.2 Å². The van der Waals surface area contributed by atoms with Gasteiger partial charge in [0.15, 0.2) is 0 Å². The Labute approximate surface area is 103 Å². The quantitative estimate of drug-likeness (QED) is 0.790. The molecule has 0 aromatic heterocycles. The molecule has 0 saturated heterocycles. The third-order valence-electron chi connectivity index (χ3n) is 4.61. The number of para-hydroxylation sites is 1. The Kier molecular flexibility index (Phi) is 2.53. The lowest BCUT2D eigenvalue weighted by Crippen LogP contribution is -2.11. The van der Waals surface area contributed by atoms with Crippen molar-refractivity contribution in [2.45, 2.75) is 33.7 Å². The summed E-state index contributed by atoms with van der Waals surface area (Å²) in [6.45, 7) is 9.12. The zero-order valence-corrected chi connectivity index (χ0v) is 11.3. The highest BCUT2D eigenvalue weighted by atomic mass is 16.5. The van der Waals surface area contributed by atoms with Crippen LogP contribution >= 0.6 is 0 Å². The molecule has 2 rings (SSSR count). The first kappa shape index (κ1) is 12.1. The molecule has 1 aliphatic rings. The molecule has 17 heavy (non-hydrogen) atoms. The Hall–Kier alpha value is -1.38. The summed E-state index contributed by atoms with van der Waals surface area (Å²) >= 11 is 0. The largest absolute Gasteiger partial charge is 0.495 e. The minimum absolute atomic E-state index is 0.294. The molecule has 1 aromatic rings. The zero-order chi connectivity index (χ0) is 12.8. The van der Waals surface area contributed by atoms with E-state index in [0.717, 1.165) is 11.4 Å². The van der Waals surface area contributed by atoms with E-state index in [1.54, 1.807) is 7.11 Å². The summed E-state index contributed by atoms with van der Waals surface area (Å²) < 4.78 is 5.23. The molecule has 3 heteroatoms. The van der Waals surface area contributed by atoms with Crippen LogP contribution in [0.15, 0.2) is 18.2 Å². The molecule has 0 unspecified atom stereocenters. The first-order valence-electron chi connectivity index (χ1n) is 6.01. The van der Waals surface area contributed by atoms with Crippen molar-refractivity contribution in [3.63, 3.8) is 0 Å². The Balaban J connectivity index is 2.22. The minimum atomic E-state index is 0.294. The molecule has 0 heterocycles. The number of hydrogen-bond acceptors (Lipinski definition) is 3. The molecule has 1 saturated carbocycles.